The van der Waals surface area contributed by atoms with E-state index in [4.69, 9.17) is 0 Å². The molecule has 0 saturated carbocycles. The summed E-state index contributed by atoms with van der Waals surface area (Å²) in [5, 5.41) is 13.6. The molecule has 102 valence electrons. The number of aromatic amines is 1. The first-order chi connectivity index (χ1) is 8.54. The van der Waals surface area contributed by atoms with Gasteiger partial charge in [-0.15, -0.1) is 0 Å². The van der Waals surface area contributed by atoms with E-state index in [0.717, 1.165) is 23.8 Å². The van der Waals surface area contributed by atoms with Crippen LogP contribution in [0.25, 0.3) is 0 Å². The van der Waals surface area contributed by atoms with Gasteiger partial charge in [0.2, 0.25) is 0 Å². The Bertz CT molecular complexity index is 380. The quantitative estimate of drug-likeness (QED) is 0.552. The summed E-state index contributed by atoms with van der Waals surface area (Å²) < 4.78 is 0. The summed E-state index contributed by atoms with van der Waals surface area (Å²) in [5.41, 5.74) is 2.20. The van der Waals surface area contributed by atoms with Crippen LogP contribution in [0.2, 0.25) is 0 Å². The lowest BCUT2D eigenvalue weighted by Crippen LogP contribution is -2.44. The van der Waals surface area contributed by atoms with Crippen LogP contribution in [0.5, 0.6) is 0 Å². The molecule has 1 unspecified atom stereocenters. The maximum absolute atomic E-state index is 4.57. The van der Waals surface area contributed by atoms with E-state index >= 15 is 0 Å². The van der Waals surface area contributed by atoms with Crippen molar-refractivity contribution in [1.82, 2.24) is 20.8 Å². The summed E-state index contributed by atoms with van der Waals surface area (Å²) in [7, 11) is 0. The van der Waals surface area contributed by atoms with Crippen LogP contribution >= 0.6 is 0 Å². The third-order valence-corrected chi connectivity index (χ3v) is 3.05. The molecule has 1 atom stereocenters. The van der Waals surface area contributed by atoms with Crippen LogP contribution in [0.15, 0.2) is 11.2 Å². The molecular formula is C13H25N5. The monoisotopic (exact) mass is 251 g/mol. The first-order valence-electron chi connectivity index (χ1n) is 6.58. The number of guanidine groups is 1. The standard InChI is InChI=1S/C13H25N5/c1-6-14-13(17-10(4)9(2)3)15-7-12-8-16-18-11(12)5/h8-10H,6-7H2,1-5H3,(H,16,18)(H2,14,15,17). The van der Waals surface area contributed by atoms with Crippen molar-refractivity contribution in [2.75, 3.05) is 6.54 Å². The van der Waals surface area contributed by atoms with Crippen molar-refractivity contribution in [1.29, 1.82) is 0 Å². The van der Waals surface area contributed by atoms with Gasteiger partial charge in [0.15, 0.2) is 5.96 Å². The van der Waals surface area contributed by atoms with E-state index < -0.39 is 0 Å². The van der Waals surface area contributed by atoms with Crippen molar-refractivity contribution >= 4 is 5.96 Å². The van der Waals surface area contributed by atoms with Gasteiger partial charge in [-0.25, -0.2) is 4.99 Å². The van der Waals surface area contributed by atoms with Crippen molar-refractivity contribution in [3.63, 3.8) is 0 Å². The average Bonchev–Trinajstić information content (AvgIpc) is 2.72. The van der Waals surface area contributed by atoms with Gasteiger partial charge in [-0.2, -0.15) is 5.10 Å². The van der Waals surface area contributed by atoms with Gasteiger partial charge >= 0.3 is 0 Å². The largest absolute Gasteiger partial charge is 0.357 e. The molecule has 3 N–H and O–H groups in total. The number of aromatic nitrogens is 2. The molecule has 1 aromatic heterocycles. The Labute approximate surface area is 109 Å². The summed E-state index contributed by atoms with van der Waals surface area (Å²) >= 11 is 0. The minimum Gasteiger partial charge on any atom is -0.357 e. The van der Waals surface area contributed by atoms with Crippen LogP contribution in [0.4, 0.5) is 0 Å². The van der Waals surface area contributed by atoms with Crippen LogP contribution in [0.1, 0.15) is 39.0 Å². The van der Waals surface area contributed by atoms with Gasteiger partial charge in [-0.1, -0.05) is 13.8 Å². The molecule has 0 saturated heterocycles. The zero-order valence-electron chi connectivity index (χ0n) is 12.0. The summed E-state index contributed by atoms with van der Waals surface area (Å²) in [6, 6.07) is 0.397. The number of rotatable bonds is 5. The molecule has 1 rings (SSSR count). The van der Waals surface area contributed by atoms with E-state index in [1.54, 1.807) is 0 Å². The van der Waals surface area contributed by atoms with E-state index in [9.17, 15) is 0 Å². The van der Waals surface area contributed by atoms with Crippen LogP contribution in [-0.2, 0) is 6.54 Å². The average molecular weight is 251 g/mol. The lowest BCUT2D eigenvalue weighted by Gasteiger charge is -2.20. The van der Waals surface area contributed by atoms with Crippen LogP contribution < -0.4 is 10.6 Å². The van der Waals surface area contributed by atoms with Gasteiger partial charge < -0.3 is 10.6 Å². The SMILES string of the molecule is CCNC(=NCc1cn[nH]c1C)NC(C)C(C)C. The first kappa shape index (κ1) is 14.5. The molecule has 0 aliphatic carbocycles. The summed E-state index contributed by atoms with van der Waals surface area (Å²) in [4.78, 5) is 4.57. The van der Waals surface area contributed by atoms with E-state index in [0.29, 0.717) is 18.5 Å². The maximum atomic E-state index is 4.57. The number of hydrogen-bond acceptors (Lipinski definition) is 2. The van der Waals surface area contributed by atoms with Gasteiger partial charge in [0.1, 0.15) is 0 Å². The number of hydrogen-bond donors (Lipinski definition) is 3. The highest BCUT2D eigenvalue weighted by molar-refractivity contribution is 5.80. The van der Waals surface area contributed by atoms with Gasteiger partial charge in [0.05, 0.1) is 12.7 Å². The molecule has 18 heavy (non-hydrogen) atoms. The lowest BCUT2D eigenvalue weighted by molar-refractivity contribution is 0.481. The highest BCUT2D eigenvalue weighted by atomic mass is 15.2. The minimum absolute atomic E-state index is 0.397. The summed E-state index contributed by atoms with van der Waals surface area (Å²) in [5.74, 6) is 1.43. The Morgan fingerprint density at radius 3 is 2.67 bits per heavy atom. The third-order valence-electron chi connectivity index (χ3n) is 3.05. The normalized spacial score (nSPS) is 13.8. The van der Waals surface area contributed by atoms with Gasteiger partial charge in [0, 0.05) is 23.8 Å². The van der Waals surface area contributed by atoms with E-state index in [2.05, 4.69) is 53.5 Å². The molecule has 0 aliphatic rings. The fourth-order valence-electron chi connectivity index (χ4n) is 1.40. The van der Waals surface area contributed by atoms with E-state index in [-0.39, 0.29) is 0 Å². The molecule has 5 heteroatoms. The molecular weight excluding hydrogens is 226 g/mol. The van der Waals surface area contributed by atoms with Crippen molar-refractivity contribution < 1.29 is 0 Å². The summed E-state index contributed by atoms with van der Waals surface area (Å²) in [6.45, 7) is 12.1. The molecule has 1 heterocycles. The third kappa shape index (κ3) is 4.39. The molecule has 0 aromatic carbocycles. The predicted octanol–water partition coefficient (Wildman–Crippen LogP) is 1.82. The number of aliphatic imine (C=N–C) groups is 1. The second-order valence-corrected chi connectivity index (χ2v) is 4.89. The van der Waals surface area contributed by atoms with Gasteiger partial charge in [-0.3, -0.25) is 5.10 Å². The lowest BCUT2D eigenvalue weighted by atomic mass is 10.1. The molecule has 0 fully saturated rings. The highest BCUT2D eigenvalue weighted by Crippen LogP contribution is 2.04. The Balaban J connectivity index is 2.63. The molecule has 0 spiro atoms. The Hall–Kier alpha value is -1.52. The molecule has 0 radical (unpaired) electrons. The number of aryl methyl sites for hydroxylation is 1. The zero-order valence-corrected chi connectivity index (χ0v) is 12.0. The second kappa shape index (κ2) is 7.03. The second-order valence-electron chi connectivity index (χ2n) is 4.89. The zero-order chi connectivity index (χ0) is 13.5. The molecule has 0 aliphatic heterocycles. The Morgan fingerprint density at radius 1 is 1.44 bits per heavy atom. The van der Waals surface area contributed by atoms with Crippen LogP contribution in [-0.4, -0.2) is 28.7 Å². The number of nitrogens with one attached hydrogen (secondary N) is 3. The Kier molecular flexibility index (Phi) is 5.68. The van der Waals surface area contributed by atoms with Crippen molar-refractivity contribution in [3.8, 4) is 0 Å². The van der Waals surface area contributed by atoms with Gasteiger partial charge in [-0.05, 0) is 26.7 Å². The molecule has 0 amide bonds. The van der Waals surface area contributed by atoms with Crippen molar-refractivity contribution in [2.24, 2.45) is 10.9 Å². The van der Waals surface area contributed by atoms with Crippen LogP contribution in [0.3, 0.4) is 0 Å². The topological polar surface area (TPSA) is 65.1 Å². The first-order valence-corrected chi connectivity index (χ1v) is 6.58. The fraction of sp³-hybridized carbons (Fsp3) is 0.692. The van der Waals surface area contributed by atoms with E-state index in [1.807, 2.05) is 13.1 Å². The Morgan fingerprint density at radius 2 is 2.17 bits per heavy atom. The van der Waals surface area contributed by atoms with Gasteiger partial charge in [0.25, 0.3) is 0 Å². The van der Waals surface area contributed by atoms with Crippen LogP contribution in [0, 0.1) is 12.8 Å². The van der Waals surface area contributed by atoms with E-state index in [1.165, 1.54) is 0 Å². The smallest absolute Gasteiger partial charge is 0.191 e. The number of H-pyrrole nitrogens is 1. The summed E-state index contributed by atoms with van der Waals surface area (Å²) in [6.07, 6.45) is 1.83. The van der Waals surface area contributed by atoms with Crippen molar-refractivity contribution in [2.45, 2.75) is 47.2 Å². The highest BCUT2D eigenvalue weighted by Gasteiger charge is 2.09. The van der Waals surface area contributed by atoms with Crippen molar-refractivity contribution in [3.05, 3.63) is 17.5 Å². The molecule has 1 aromatic rings. The minimum atomic E-state index is 0.397. The molecule has 5 nitrogen and oxygen atoms in total. The predicted molar refractivity (Wildman–Crippen MR) is 75.6 cm³/mol. The fourth-order valence-corrected chi connectivity index (χ4v) is 1.40. The number of nitrogens with zero attached hydrogens (tertiary/aromatic N) is 2. The maximum Gasteiger partial charge on any atom is 0.191 e. The molecule has 0 bridgehead atoms.